The van der Waals surface area contributed by atoms with E-state index in [0.29, 0.717) is 10.7 Å². The Kier molecular flexibility index (Phi) is 4.24. The van der Waals surface area contributed by atoms with Crippen molar-refractivity contribution in [3.05, 3.63) is 64.5 Å². The predicted molar refractivity (Wildman–Crippen MR) is 109 cm³/mol. The molecule has 0 saturated carbocycles. The highest BCUT2D eigenvalue weighted by atomic mass is 32.2. The van der Waals surface area contributed by atoms with E-state index >= 15 is 0 Å². The molecule has 1 aromatic heterocycles. The summed E-state index contributed by atoms with van der Waals surface area (Å²) in [5.74, 6) is 0.576. The van der Waals surface area contributed by atoms with E-state index in [4.69, 9.17) is 10.1 Å². The van der Waals surface area contributed by atoms with Crippen molar-refractivity contribution in [3.8, 4) is 11.4 Å². The van der Waals surface area contributed by atoms with Crippen LogP contribution in [0.15, 0.2) is 52.5 Å². The van der Waals surface area contributed by atoms with Gasteiger partial charge in [0.25, 0.3) is 5.91 Å². The molecule has 1 aromatic carbocycles. The van der Waals surface area contributed by atoms with Gasteiger partial charge in [-0.15, -0.1) is 0 Å². The molecule has 0 atom stereocenters. The monoisotopic (exact) mass is 378 g/mol. The van der Waals surface area contributed by atoms with Crippen LogP contribution in [0.25, 0.3) is 11.8 Å². The predicted octanol–water partition coefficient (Wildman–Crippen LogP) is 3.88. The summed E-state index contributed by atoms with van der Waals surface area (Å²) in [5.41, 5.74) is 4.23. The van der Waals surface area contributed by atoms with E-state index in [2.05, 4.69) is 9.56 Å². The zero-order valence-electron chi connectivity index (χ0n) is 15.2. The van der Waals surface area contributed by atoms with Crippen molar-refractivity contribution in [3.63, 3.8) is 0 Å². The smallest absolute Gasteiger partial charge is 0.283 e. The summed E-state index contributed by atoms with van der Waals surface area (Å²) in [5, 5.41) is 10.7. The molecule has 7 heteroatoms. The van der Waals surface area contributed by atoms with Gasteiger partial charge >= 0.3 is 0 Å². The van der Waals surface area contributed by atoms with Crippen molar-refractivity contribution < 1.29 is 9.53 Å². The number of fused-ring (bicyclic) bond motifs is 1. The number of amides is 1. The molecule has 27 heavy (non-hydrogen) atoms. The molecule has 4 rings (SSSR count). The van der Waals surface area contributed by atoms with E-state index in [-0.39, 0.29) is 11.7 Å². The number of hydrogen-bond acceptors (Lipinski definition) is 4. The fraction of sp³-hybridized carbons (Fsp3) is 0.150. The van der Waals surface area contributed by atoms with E-state index in [1.54, 1.807) is 24.3 Å². The Balaban J connectivity index is 1.75. The molecule has 0 saturated heterocycles. The van der Waals surface area contributed by atoms with Gasteiger partial charge in [0.15, 0.2) is 5.17 Å². The van der Waals surface area contributed by atoms with Crippen molar-refractivity contribution in [2.24, 2.45) is 4.99 Å². The van der Waals surface area contributed by atoms with Crippen molar-refractivity contribution in [2.45, 2.75) is 13.8 Å². The number of aryl methyl sites for hydroxylation is 1. The van der Waals surface area contributed by atoms with Gasteiger partial charge in [-0.3, -0.25) is 15.1 Å². The highest BCUT2D eigenvalue weighted by Gasteiger charge is 2.31. The second kappa shape index (κ2) is 6.59. The van der Waals surface area contributed by atoms with Crippen LogP contribution in [-0.4, -0.2) is 33.5 Å². The van der Waals surface area contributed by atoms with Gasteiger partial charge in [-0.05, 0) is 61.2 Å². The second-order valence-corrected chi connectivity index (χ2v) is 7.11. The zero-order valence-corrected chi connectivity index (χ0v) is 16.0. The van der Waals surface area contributed by atoms with E-state index in [1.165, 1.54) is 11.8 Å². The van der Waals surface area contributed by atoms with Crippen LogP contribution in [-0.2, 0) is 4.79 Å². The Hall–Kier alpha value is -3.06. The van der Waals surface area contributed by atoms with Gasteiger partial charge in [0, 0.05) is 23.3 Å². The summed E-state index contributed by atoms with van der Waals surface area (Å²) in [7, 11) is 1.64. The van der Waals surface area contributed by atoms with Crippen LogP contribution in [0.1, 0.15) is 17.0 Å². The number of aliphatic imine (C=N–C) groups is 1. The van der Waals surface area contributed by atoms with Crippen LogP contribution in [0.5, 0.6) is 5.75 Å². The fourth-order valence-electron chi connectivity index (χ4n) is 3.25. The molecular formula is C20H18N4O2S. The van der Waals surface area contributed by atoms with Crippen molar-refractivity contribution >= 4 is 34.7 Å². The van der Waals surface area contributed by atoms with E-state index in [1.807, 2.05) is 49.6 Å². The second-order valence-electron chi connectivity index (χ2n) is 6.24. The SMILES string of the molecule is COc1ccc(-n2c(C)cc(/C=C3/C(=N)N4C=CSC4=NC3=O)c2C)cc1. The van der Waals surface area contributed by atoms with Gasteiger partial charge in [-0.1, -0.05) is 11.8 Å². The first-order chi connectivity index (χ1) is 13.0. The highest BCUT2D eigenvalue weighted by molar-refractivity contribution is 8.16. The fourth-order valence-corrected chi connectivity index (χ4v) is 3.95. The maximum atomic E-state index is 12.4. The number of ether oxygens (including phenoxy) is 1. The molecule has 0 radical (unpaired) electrons. The largest absolute Gasteiger partial charge is 0.497 e. The third-order valence-corrected chi connectivity index (χ3v) is 5.37. The van der Waals surface area contributed by atoms with E-state index in [9.17, 15) is 4.79 Å². The first-order valence-electron chi connectivity index (χ1n) is 8.39. The van der Waals surface area contributed by atoms with E-state index in [0.717, 1.165) is 28.4 Å². The van der Waals surface area contributed by atoms with E-state index < -0.39 is 0 Å². The van der Waals surface area contributed by atoms with Gasteiger partial charge in [0.05, 0.1) is 12.7 Å². The molecule has 3 heterocycles. The lowest BCUT2D eigenvalue weighted by molar-refractivity contribution is -0.114. The number of hydrogen-bond donors (Lipinski definition) is 1. The lowest BCUT2D eigenvalue weighted by atomic mass is 10.1. The molecule has 2 aliphatic heterocycles. The number of benzene rings is 1. The maximum Gasteiger partial charge on any atom is 0.283 e. The summed E-state index contributed by atoms with van der Waals surface area (Å²) in [6.07, 6.45) is 3.51. The number of methoxy groups -OCH3 is 1. The Morgan fingerprint density at radius 1 is 1.22 bits per heavy atom. The van der Waals surface area contributed by atoms with Gasteiger partial charge in [0.1, 0.15) is 11.6 Å². The average Bonchev–Trinajstić information content (AvgIpc) is 3.23. The molecule has 0 aliphatic carbocycles. The number of carbonyl (C=O) groups excluding carboxylic acids is 1. The summed E-state index contributed by atoms with van der Waals surface area (Å²) < 4.78 is 7.34. The Bertz CT molecular complexity index is 1040. The minimum atomic E-state index is -0.378. The molecule has 1 amide bonds. The van der Waals surface area contributed by atoms with Gasteiger partial charge in [-0.2, -0.15) is 4.99 Å². The van der Waals surface area contributed by atoms with Crippen LogP contribution < -0.4 is 4.74 Å². The standard InChI is InChI=1S/C20H18N4O2S/c1-12-10-14(13(2)24(12)15-4-6-16(26-3)7-5-15)11-17-18(21)23-8-9-27-20(23)22-19(17)25/h4-11,21H,1-3H3/b17-11-,21-18?. The minimum absolute atomic E-state index is 0.153. The maximum absolute atomic E-state index is 12.4. The molecule has 136 valence electrons. The summed E-state index contributed by atoms with van der Waals surface area (Å²) in [6, 6.07) is 9.83. The normalized spacial score (nSPS) is 17.5. The minimum Gasteiger partial charge on any atom is -0.497 e. The van der Waals surface area contributed by atoms with Crippen molar-refractivity contribution in [2.75, 3.05) is 7.11 Å². The van der Waals surface area contributed by atoms with Crippen LogP contribution in [0, 0.1) is 19.3 Å². The van der Waals surface area contributed by atoms with Gasteiger partial charge in [-0.25, -0.2) is 0 Å². The molecule has 0 fully saturated rings. The van der Waals surface area contributed by atoms with Gasteiger partial charge in [0.2, 0.25) is 0 Å². The Labute approximate surface area is 161 Å². The van der Waals surface area contributed by atoms with Gasteiger partial charge < -0.3 is 9.30 Å². The first kappa shape index (κ1) is 17.4. The first-order valence-corrected chi connectivity index (χ1v) is 9.27. The number of aromatic nitrogens is 1. The van der Waals surface area contributed by atoms with Crippen molar-refractivity contribution in [1.29, 1.82) is 5.41 Å². The highest BCUT2D eigenvalue weighted by Crippen LogP contribution is 2.29. The molecule has 0 unspecified atom stereocenters. The quantitative estimate of drug-likeness (QED) is 0.823. The molecule has 2 aliphatic rings. The topological polar surface area (TPSA) is 70.7 Å². The summed E-state index contributed by atoms with van der Waals surface area (Å²) in [6.45, 7) is 4.02. The van der Waals surface area contributed by atoms with Crippen LogP contribution >= 0.6 is 11.8 Å². The Morgan fingerprint density at radius 3 is 2.67 bits per heavy atom. The molecule has 0 bridgehead atoms. The third-order valence-electron chi connectivity index (χ3n) is 4.61. The summed E-state index contributed by atoms with van der Waals surface area (Å²) >= 11 is 1.34. The number of nitrogens with one attached hydrogen (secondary N) is 1. The van der Waals surface area contributed by atoms with Crippen LogP contribution in [0.2, 0.25) is 0 Å². The molecule has 1 N–H and O–H groups in total. The van der Waals surface area contributed by atoms with Crippen LogP contribution in [0.3, 0.4) is 0 Å². The lowest BCUT2D eigenvalue weighted by Gasteiger charge is -2.22. The third kappa shape index (κ3) is 2.90. The van der Waals surface area contributed by atoms with Crippen LogP contribution in [0.4, 0.5) is 0 Å². The number of thioether (sulfide) groups is 1. The van der Waals surface area contributed by atoms with Crippen molar-refractivity contribution in [1.82, 2.24) is 9.47 Å². The number of rotatable bonds is 3. The zero-order chi connectivity index (χ0) is 19.1. The molecule has 0 spiro atoms. The molecular weight excluding hydrogens is 360 g/mol. The number of amidine groups is 2. The average molecular weight is 378 g/mol. The number of nitrogens with zero attached hydrogens (tertiary/aromatic N) is 3. The summed E-state index contributed by atoms with van der Waals surface area (Å²) in [4.78, 5) is 18.1. The molecule has 2 aromatic rings. The Morgan fingerprint density at radius 2 is 1.96 bits per heavy atom. The lowest BCUT2D eigenvalue weighted by Crippen LogP contribution is -2.35. The number of carbonyl (C=O) groups is 1. The molecule has 6 nitrogen and oxygen atoms in total.